The number of nitrogens with two attached hydrogens (primary N) is 1. The number of ether oxygens (including phenoxy) is 2. The molecule has 9 N–H and O–H groups in total. The minimum Gasteiger partial charge on any atom is -0.456 e. The summed E-state index contributed by atoms with van der Waals surface area (Å²) in [6.07, 6.45) is 0.911. The first-order chi connectivity index (χ1) is 33.9. The van der Waals surface area contributed by atoms with E-state index in [4.69, 9.17) is 25.0 Å². The molecule has 1 amide bonds. The summed E-state index contributed by atoms with van der Waals surface area (Å²) in [5.74, 6) is -0.907. The predicted molar refractivity (Wildman–Crippen MR) is 255 cm³/mol. The highest BCUT2D eigenvalue weighted by molar-refractivity contribution is 7.85. The van der Waals surface area contributed by atoms with Crippen molar-refractivity contribution in [1.82, 2.24) is 19.4 Å². The van der Waals surface area contributed by atoms with Crippen LogP contribution in [0.1, 0.15) is 80.9 Å². The molecule has 4 aliphatic rings. The number of phosphoric acid groups is 3. The molecule has 1 aromatic heterocycles. The van der Waals surface area contributed by atoms with E-state index in [9.17, 15) is 51.1 Å². The summed E-state index contributed by atoms with van der Waals surface area (Å²) in [5.41, 5.74) is 5.57. The number of unbranched alkanes of at least 4 members (excludes halogenated alkanes) is 1. The van der Waals surface area contributed by atoms with Crippen molar-refractivity contribution in [2.24, 2.45) is 0 Å². The minimum absolute atomic E-state index is 0.0101. The summed E-state index contributed by atoms with van der Waals surface area (Å²) in [5, 5.41) is 13.8. The highest BCUT2D eigenvalue weighted by Crippen LogP contribution is 2.66. The number of nitrogens with zero attached hydrogens (tertiary/aromatic N) is 4. The van der Waals surface area contributed by atoms with Crippen molar-refractivity contribution in [3.63, 3.8) is 0 Å². The van der Waals surface area contributed by atoms with Crippen LogP contribution in [-0.2, 0) is 52.9 Å². The maximum absolute atomic E-state index is 15.1. The second-order valence-corrected chi connectivity index (χ2v) is 24.0. The number of carbonyl (C=O) groups excluding carboxylic acids is 1. The number of aryl methyl sites for hydroxylation is 1. The number of rotatable bonds is 20. The Kier molecular flexibility index (Phi) is 16.6. The average molecular weight is 1110 g/mol. The molecule has 2 aromatic carbocycles. The monoisotopic (exact) mass is 1110 g/mol. The van der Waals surface area contributed by atoms with E-state index in [-0.39, 0.29) is 65.4 Å². The number of hydrogen-bond acceptors (Lipinski definition) is 16. The quantitative estimate of drug-likeness (QED) is 0.0349. The van der Waals surface area contributed by atoms with Gasteiger partial charge in [-0.25, -0.2) is 23.1 Å². The van der Waals surface area contributed by atoms with Crippen molar-refractivity contribution in [3.05, 3.63) is 85.9 Å². The zero-order valence-electron chi connectivity index (χ0n) is 39.0. The van der Waals surface area contributed by atoms with Gasteiger partial charge in [0, 0.05) is 78.6 Å². The molecule has 0 bridgehead atoms. The Balaban J connectivity index is 0.981. The number of aromatic nitrogens is 2. The maximum Gasteiger partial charge on any atom is 0.490 e. The molecule has 24 nitrogen and oxygen atoms in total. The van der Waals surface area contributed by atoms with Gasteiger partial charge >= 0.3 is 35.3 Å². The molecule has 0 radical (unpaired) electrons. The molecular formula is C42H53F3N6O18P3S+. The highest BCUT2D eigenvalue weighted by atomic mass is 32.2. The lowest BCUT2D eigenvalue weighted by atomic mass is 9.89. The van der Waals surface area contributed by atoms with Gasteiger partial charge in [-0.05, 0) is 50.8 Å². The van der Waals surface area contributed by atoms with Gasteiger partial charge in [0.05, 0.1) is 35.6 Å². The molecule has 1 fully saturated rings. The van der Waals surface area contributed by atoms with Gasteiger partial charge in [-0.3, -0.25) is 18.4 Å². The van der Waals surface area contributed by atoms with Crippen LogP contribution in [0.15, 0.2) is 47.4 Å². The Bertz CT molecular complexity index is 3190. The number of hydrogen-bond donors (Lipinski definition) is 8. The summed E-state index contributed by atoms with van der Waals surface area (Å²) < 4.78 is 138. The highest BCUT2D eigenvalue weighted by Gasteiger charge is 2.44. The van der Waals surface area contributed by atoms with E-state index in [2.05, 4.69) is 23.4 Å². The summed E-state index contributed by atoms with van der Waals surface area (Å²) in [6, 6.07) is 6.19. The number of aliphatic hydroxyl groups is 1. The Morgan fingerprint density at radius 1 is 1.07 bits per heavy atom. The van der Waals surface area contributed by atoms with Gasteiger partial charge in [0.1, 0.15) is 42.7 Å². The van der Waals surface area contributed by atoms with Gasteiger partial charge in [0.25, 0.3) is 10.1 Å². The van der Waals surface area contributed by atoms with Crippen molar-refractivity contribution in [2.75, 3.05) is 49.2 Å². The molecule has 3 aromatic rings. The smallest absolute Gasteiger partial charge is 0.456 e. The van der Waals surface area contributed by atoms with Crippen LogP contribution in [0, 0.1) is 0 Å². The largest absolute Gasteiger partial charge is 0.490 e. The first kappa shape index (κ1) is 56.1. The van der Waals surface area contributed by atoms with Crippen LogP contribution in [0.5, 0.6) is 11.5 Å². The SMILES string of the molecule is CC1(C)C=Cc2cc3c(cc2N1CCCCS(=O)(=O)O)Oc1cc2c(cc1=C3C(F)(F)F)CCC[N+]=2CCCC(=O)NC/C=C/c1cn([C@H]2C[C@H](O)[C@@H](COP(=O)(O)OP(=O)(O)OP(=O)(O)O)O2)c(=O)nc1N. The van der Waals surface area contributed by atoms with Gasteiger partial charge in [-0.15, -0.1) is 0 Å². The number of carbonyl (C=O) groups is 1. The lowest BCUT2D eigenvalue weighted by Crippen LogP contribution is -2.45. The average Bonchev–Trinajstić information content (AvgIpc) is 3.62. The molecule has 31 heteroatoms. The number of halogens is 3. The van der Waals surface area contributed by atoms with Gasteiger partial charge in [-0.1, -0.05) is 24.3 Å². The summed E-state index contributed by atoms with van der Waals surface area (Å²) in [7, 11) is -21.1. The third kappa shape index (κ3) is 14.2. The molecular weight excluding hydrogens is 1060 g/mol. The van der Waals surface area contributed by atoms with Crippen molar-refractivity contribution in [1.29, 1.82) is 0 Å². The second-order valence-electron chi connectivity index (χ2n) is 18.0. The molecule has 7 rings (SSSR count). The normalized spacial score (nSPS) is 21.2. The second kappa shape index (κ2) is 21.5. The zero-order chi connectivity index (χ0) is 53.5. The van der Waals surface area contributed by atoms with E-state index in [0.29, 0.717) is 67.5 Å². The van der Waals surface area contributed by atoms with Crippen molar-refractivity contribution >= 4 is 68.7 Å². The number of amides is 1. The molecule has 400 valence electrons. The van der Waals surface area contributed by atoms with Crippen LogP contribution in [0.25, 0.3) is 17.7 Å². The van der Waals surface area contributed by atoms with Gasteiger partial charge in [0.15, 0.2) is 0 Å². The number of fused-ring (bicyclic) bond motifs is 4. The first-order valence-electron chi connectivity index (χ1n) is 22.5. The molecule has 5 heterocycles. The van der Waals surface area contributed by atoms with Gasteiger partial charge < -0.3 is 50.1 Å². The number of aliphatic hydroxyl groups excluding tert-OH is 1. The van der Waals surface area contributed by atoms with Crippen LogP contribution in [0.4, 0.5) is 24.7 Å². The molecule has 2 unspecified atom stereocenters. The molecule has 0 aliphatic carbocycles. The number of alkyl halides is 3. The van der Waals surface area contributed by atoms with E-state index in [1.807, 2.05) is 29.4 Å². The number of benzene rings is 2. The fraction of sp³-hybridized carbons (Fsp3) is 0.476. The minimum atomic E-state index is -5.80. The third-order valence-electron chi connectivity index (χ3n) is 12.1. The lowest BCUT2D eigenvalue weighted by molar-refractivity contribution is -0.121. The first-order valence-corrected chi connectivity index (χ1v) is 28.6. The standard InChI is InChI=1S/C42H52F3N6O18P3S/c1-41(2)12-11-26-19-29-34(21-31(26)51(41)16-3-4-17-73(62,63)64)66-33-20-30-25(18-28(33)38(29)42(43,44)45)9-6-14-49(30)15-7-10-36(53)47-13-5-8-27-23-50(40(54)48-39(27)46)37-22-32(52)35(67-37)24-65-71(58,59)69-72(60,61)68-70(55,56)57/h5,8,11-12,18-21,23,32,35,37,52H,3-4,6-7,9-10,13-17,22,24H2,1-2H3,(H7-,46,47,48,53,54,55,56,57,58,59,60,61,62,63,64)/p+1/b8-5+/t32-,35+,37+/m0/s1. The number of phosphoric ester groups is 1. The summed E-state index contributed by atoms with van der Waals surface area (Å²) >= 11 is 0. The predicted octanol–water partition coefficient (Wildman–Crippen LogP) is 3.01. The van der Waals surface area contributed by atoms with Crippen LogP contribution < -0.4 is 41.5 Å². The molecule has 5 atom stereocenters. The fourth-order valence-electron chi connectivity index (χ4n) is 8.88. The van der Waals surface area contributed by atoms with E-state index in [1.165, 1.54) is 30.5 Å². The topological polar surface area (TPSA) is 349 Å². The van der Waals surface area contributed by atoms with Gasteiger partial charge in [0.2, 0.25) is 11.3 Å². The molecule has 4 aliphatic heterocycles. The van der Waals surface area contributed by atoms with Crippen molar-refractivity contribution < 1.29 is 91.9 Å². The van der Waals surface area contributed by atoms with E-state index >= 15 is 13.2 Å². The molecule has 0 spiro atoms. The molecule has 0 saturated carbocycles. The Hall–Kier alpha value is -4.63. The number of nitrogen functional groups attached to an aromatic ring is 1. The lowest BCUT2D eigenvalue weighted by Gasteiger charge is -2.42. The maximum atomic E-state index is 15.1. The number of nitrogens with one attached hydrogen (secondary N) is 1. The van der Waals surface area contributed by atoms with Crippen LogP contribution in [0.3, 0.4) is 0 Å². The summed E-state index contributed by atoms with van der Waals surface area (Å²) in [4.78, 5) is 67.9. The van der Waals surface area contributed by atoms with Crippen molar-refractivity contribution in [2.45, 2.75) is 88.9 Å². The number of anilines is 2. The Morgan fingerprint density at radius 2 is 1.81 bits per heavy atom. The van der Waals surface area contributed by atoms with E-state index in [1.54, 1.807) is 18.2 Å². The van der Waals surface area contributed by atoms with Gasteiger partial charge in [-0.2, -0.15) is 35.2 Å². The van der Waals surface area contributed by atoms with Crippen LogP contribution >= 0.6 is 23.5 Å². The fourth-order valence-corrected chi connectivity index (χ4v) is 12.5. The van der Waals surface area contributed by atoms with E-state index < -0.39 is 87.4 Å². The molecule has 1 saturated heterocycles. The van der Waals surface area contributed by atoms with Crippen molar-refractivity contribution in [3.8, 4) is 11.5 Å². The Morgan fingerprint density at radius 3 is 2.51 bits per heavy atom. The van der Waals surface area contributed by atoms with Crippen LogP contribution in [0.2, 0.25) is 0 Å². The summed E-state index contributed by atoms with van der Waals surface area (Å²) in [6.45, 7) is 4.22. The molecule has 73 heavy (non-hydrogen) atoms. The van der Waals surface area contributed by atoms with E-state index in [0.717, 1.165) is 4.57 Å². The third-order valence-corrected chi connectivity index (χ3v) is 16.8. The van der Waals surface area contributed by atoms with Crippen LogP contribution in [-0.4, -0.2) is 116 Å². The zero-order valence-corrected chi connectivity index (χ0v) is 42.5. The Labute approximate surface area is 414 Å².